The molecule has 0 saturated carbocycles. The van der Waals surface area contributed by atoms with Crippen molar-refractivity contribution in [2.75, 3.05) is 0 Å². The lowest BCUT2D eigenvalue weighted by atomic mass is 10.3. The van der Waals surface area contributed by atoms with Gasteiger partial charge in [-0.3, -0.25) is 9.48 Å². The summed E-state index contributed by atoms with van der Waals surface area (Å²) in [6, 6.07) is 0. The van der Waals surface area contributed by atoms with Gasteiger partial charge in [0.2, 0.25) is 0 Å². The van der Waals surface area contributed by atoms with Gasteiger partial charge in [0.05, 0.1) is 11.1 Å². The van der Waals surface area contributed by atoms with E-state index < -0.39 is 0 Å². The second kappa shape index (κ2) is 2.69. The molecule has 0 atom stereocenters. The molecule has 0 saturated heterocycles. The lowest BCUT2D eigenvalue weighted by molar-refractivity contribution is 0.667. The fourth-order valence-electron chi connectivity index (χ4n) is 1.26. The summed E-state index contributed by atoms with van der Waals surface area (Å²) in [5.74, 6) is 0. The number of nitrogens with one attached hydrogen (secondary N) is 1. The van der Waals surface area contributed by atoms with Crippen LogP contribution >= 0.6 is 0 Å². The van der Waals surface area contributed by atoms with E-state index in [1.807, 2.05) is 13.8 Å². The van der Waals surface area contributed by atoms with Crippen molar-refractivity contribution in [2.45, 2.75) is 20.4 Å². The van der Waals surface area contributed by atoms with Gasteiger partial charge in [0.1, 0.15) is 5.52 Å². The van der Waals surface area contributed by atoms with Crippen molar-refractivity contribution in [2.24, 2.45) is 0 Å². The molecule has 0 aliphatic rings. The highest BCUT2D eigenvalue weighted by molar-refractivity contribution is 5.78. The molecule has 2 aromatic heterocycles. The van der Waals surface area contributed by atoms with Crippen LogP contribution in [0.1, 0.15) is 12.6 Å². The van der Waals surface area contributed by atoms with Crippen LogP contribution in [0.3, 0.4) is 0 Å². The number of aromatic nitrogens is 4. The molecule has 0 aliphatic heterocycles. The van der Waals surface area contributed by atoms with E-state index in [1.54, 1.807) is 10.9 Å². The van der Waals surface area contributed by atoms with Crippen LogP contribution in [-0.2, 0) is 6.54 Å². The van der Waals surface area contributed by atoms with Crippen molar-refractivity contribution in [3.63, 3.8) is 0 Å². The number of nitrogens with zero attached hydrogens (tertiary/aromatic N) is 3. The Hall–Kier alpha value is -1.65. The third-order valence-corrected chi connectivity index (χ3v) is 2.00. The van der Waals surface area contributed by atoms with Crippen LogP contribution in [0.2, 0.25) is 0 Å². The molecule has 2 aromatic rings. The number of aromatic amines is 1. The Bertz CT molecular complexity index is 496. The second-order valence-corrected chi connectivity index (χ2v) is 2.89. The first-order valence-corrected chi connectivity index (χ1v) is 4.15. The maximum atomic E-state index is 11.3. The summed E-state index contributed by atoms with van der Waals surface area (Å²) in [5, 5.41) is 11.1. The number of aryl methyl sites for hydroxylation is 2. The van der Waals surface area contributed by atoms with Crippen molar-refractivity contribution in [1.82, 2.24) is 20.0 Å². The topological polar surface area (TPSA) is 63.6 Å². The Balaban J connectivity index is 2.88. The number of hydrogen-bond donors (Lipinski definition) is 1. The summed E-state index contributed by atoms with van der Waals surface area (Å²) in [6.45, 7) is 4.56. The molecular formula is C8H10N4O. The van der Waals surface area contributed by atoms with E-state index in [0.29, 0.717) is 10.9 Å². The SMILES string of the molecule is CCn1cc2c(=O)[nH]nc(C)c2n1. The lowest BCUT2D eigenvalue weighted by Crippen LogP contribution is -2.08. The van der Waals surface area contributed by atoms with Gasteiger partial charge in [-0.15, -0.1) is 0 Å². The normalized spacial score (nSPS) is 10.9. The van der Waals surface area contributed by atoms with Gasteiger partial charge in [0, 0.05) is 12.7 Å². The van der Waals surface area contributed by atoms with Crippen molar-refractivity contribution >= 4 is 10.9 Å². The van der Waals surface area contributed by atoms with Crippen LogP contribution in [0.25, 0.3) is 10.9 Å². The van der Waals surface area contributed by atoms with Crippen molar-refractivity contribution < 1.29 is 0 Å². The molecule has 0 fully saturated rings. The van der Waals surface area contributed by atoms with Gasteiger partial charge in [-0.05, 0) is 13.8 Å². The van der Waals surface area contributed by atoms with E-state index in [9.17, 15) is 4.79 Å². The van der Waals surface area contributed by atoms with E-state index in [2.05, 4.69) is 15.3 Å². The van der Waals surface area contributed by atoms with Gasteiger partial charge in [-0.25, -0.2) is 5.10 Å². The molecule has 13 heavy (non-hydrogen) atoms. The van der Waals surface area contributed by atoms with Crippen LogP contribution in [0.5, 0.6) is 0 Å². The Labute approximate surface area is 74.4 Å². The molecular weight excluding hydrogens is 168 g/mol. The van der Waals surface area contributed by atoms with Crippen LogP contribution in [-0.4, -0.2) is 20.0 Å². The molecule has 5 heteroatoms. The summed E-state index contributed by atoms with van der Waals surface area (Å²) < 4.78 is 1.73. The molecule has 0 bridgehead atoms. The van der Waals surface area contributed by atoms with Gasteiger partial charge in [0.15, 0.2) is 0 Å². The zero-order chi connectivity index (χ0) is 9.42. The number of H-pyrrole nitrogens is 1. The van der Waals surface area contributed by atoms with Crippen molar-refractivity contribution in [3.8, 4) is 0 Å². The van der Waals surface area contributed by atoms with Crippen molar-refractivity contribution in [3.05, 3.63) is 22.2 Å². The third kappa shape index (κ3) is 1.12. The Morgan fingerprint density at radius 3 is 3.00 bits per heavy atom. The lowest BCUT2D eigenvalue weighted by Gasteiger charge is -1.90. The highest BCUT2D eigenvalue weighted by Gasteiger charge is 2.06. The van der Waals surface area contributed by atoms with E-state index >= 15 is 0 Å². The summed E-state index contributed by atoms with van der Waals surface area (Å²) in [7, 11) is 0. The Morgan fingerprint density at radius 1 is 1.62 bits per heavy atom. The summed E-state index contributed by atoms with van der Waals surface area (Å²) >= 11 is 0. The standard InChI is InChI=1S/C8H10N4O/c1-3-12-4-6-7(11-12)5(2)9-10-8(6)13/h4H,3H2,1-2H3,(H,10,13). The second-order valence-electron chi connectivity index (χ2n) is 2.89. The maximum absolute atomic E-state index is 11.3. The molecule has 2 rings (SSSR count). The Morgan fingerprint density at radius 2 is 2.38 bits per heavy atom. The first kappa shape index (κ1) is 7.97. The predicted octanol–water partition coefficient (Wildman–Crippen LogP) is 0.448. The minimum atomic E-state index is -0.180. The first-order chi connectivity index (χ1) is 6.22. The quantitative estimate of drug-likeness (QED) is 0.689. The van der Waals surface area contributed by atoms with Gasteiger partial charge in [0.25, 0.3) is 5.56 Å². The molecule has 0 amide bonds. The molecule has 0 aromatic carbocycles. The van der Waals surface area contributed by atoms with Gasteiger partial charge in [-0.2, -0.15) is 10.2 Å². The fraction of sp³-hybridized carbons (Fsp3) is 0.375. The predicted molar refractivity (Wildman–Crippen MR) is 48.6 cm³/mol. The molecule has 5 nitrogen and oxygen atoms in total. The Kier molecular flexibility index (Phi) is 1.65. The zero-order valence-electron chi connectivity index (χ0n) is 7.53. The highest BCUT2D eigenvalue weighted by Crippen LogP contribution is 2.08. The van der Waals surface area contributed by atoms with Gasteiger partial charge < -0.3 is 0 Å². The smallest absolute Gasteiger partial charge is 0.272 e. The van der Waals surface area contributed by atoms with E-state index in [4.69, 9.17) is 0 Å². The average Bonchev–Trinajstić information content (AvgIpc) is 2.56. The molecule has 1 N–H and O–H groups in total. The molecule has 0 spiro atoms. The van der Waals surface area contributed by atoms with Crippen LogP contribution in [0, 0.1) is 6.92 Å². The average molecular weight is 178 g/mol. The summed E-state index contributed by atoms with van der Waals surface area (Å²) in [4.78, 5) is 11.3. The number of rotatable bonds is 1. The van der Waals surface area contributed by atoms with E-state index in [1.165, 1.54) is 0 Å². The monoisotopic (exact) mass is 178 g/mol. The minimum absolute atomic E-state index is 0.180. The van der Waals surface area contributed by atoms with E-state index in [0.717, 1.165) is 12.2 Å². The largest absolute Gasteiger partial charge is 0.275 e. The fourth-order valence-corrected chi connectivity index (χ4v) is 1.26. The number of fused-ring (bicyclic) bond motifs is 1. The van der Waals surface area contributed by atoms with Gasteiger partial charge >= 0.3 is 0 Å². The maximum Gasteiger partial charge on any atom is 0.275 e. The molecule has 68 valence electrons. The summed E-state index contributed by atoms with van der Waals surface area (Å²) in [5.41, 5.74) is 1.26. The third-order valence-electron chi connectivity index (χ3n) is 2.00. The van der Waals surface area contributed by atoms with Crippen LogP contribution < -0.4 is 5.56 Å². The minimum Gasteiger partial charge on any atom is -0.272 e. The van der Waals surface area contributed by atoms with Gasteiger partial charge in [-0.1, -0.05) is 0 Å². The van der Waals surface area contributed by atoms with Crippen LogP contribution in [0.15, 0.2) is 11.0 Å². The first-order valence-electron chi connectivity index (χ1n) is 4.15. The molecule has 0 aliphatic carbocycles. The molecule has 0 radical (unpaired) electrons. The van der Waals surface area contributed by atoms with Crippen LogP contribution in [0.4, 0.5) is 0 Å². The zero-order valence-corrected chi connectivity index (χ0v) is 7.53. The highest BCUT2D eigenvalue weighted by atomic mass is 16.1. The molecule has 0 unspecified atom stereocenters. The molecule has 2 heterocycles. The summed E-state index contributed by atoms with van der Waals surface area (Å²) in [6.07, 6.45) is 1.74. The van der Waals surface area contributed by atoms with E-state index in [-0.39, 0.29) is 5.56 Å². The van der Waals surface area contributed by atoms with Crippen molar-refractivity contribution in [1.29, 1.82) is 0 Å². The number of hydrogen-bond acceptors (Lipinski definition) is 3.